The summed E-state index contributed by atoms with van der Waals surface area (Å²) < 4.78 is 38.1. The van der Waals surface area contributed by atoms with Gasteiger partial charge in [0.2, 0.25) is 0 Å². The second-order valence-corrected chi connectivity index (χ2v) is 8.72. The molecule has 0 unspecified atom stereocenters. The molecule has 0 amide bonds. The van der Waals surface area contributed by atoms with Crippen LogP contribution in [0, 0.1) is 6.92 Å². The summed E-state index contributed by atoms with van der Waals surface area (Å²) in [5.41, 5.74) is -1.42. The molecular weight excluding hydrogens is 494 g/mol. The number of azo groups is 1. The van der Waals surface area contributed by atoms with Gasteiger partial charge in [0.25, 0.3) is 15.7 Å². The largest absolute Gasteiger partial charge is 0.476 e. The molecule has 180 valence electrons. The van der Waals surface area contributed by atoms with Crippen LogP contribution in [0.5, 0.6) is 0 Å². The number of carbonyl (C=O) groups is 1. The Morgan fingerprint density at radius 2 is 1.94 bits per heavy atom. The SMILES string of the molecule is CNc1ccc(SOOO)c(N=Nc2c(C(=O)O)[nH]n(-c3cc(C)ccc3S(=O)(=O)O)c2=O)c1. The standard InChI is InChI=1S/C18H17N5O9S2/c1-9-3-6-14(34(28,29)30)12(7-9)23-17(24)15(16(22-23)18(25)26)21-20-11-8-10(19-2)4-5-13(11)33-32-31-27/h3-8,19,22,27H,1-2H3,(H,25,26)(H,28,29,30). The number of rotatable bonds is 9. The van der Waals surface area contributed by atoms with Crippen molar-refractivity contribution in [1.29, 1.82) is 0 Å². The van der Waals surface area contributed by atoms with Crippen LogP contribution in [0.25, 0.3) is 5.69 Å². The highest BCUT2D eigenvalue weighted by molar-refractivity contribution is 7.94. The first-order chi connectivity index (χ1) is 16.1. The van der Waals surface area contributed by atoms with E-state index < -0.39 is 37.9 Å². The molecule has 1 heterocycles. The quantitative estimate of drug-likeness (QED) is 0.0926. The molecule has 0 spiro atoms. The van der Waals surface area contributed by atoms with E-state index >= 15 is 0 Å². The van der Waals surface area contributed by atoms with Crippen molar-refractivity contribution in [2.45, 2.75) is 16.7 Å². The lowest BCUT2D eigenvalue weighted by Crippen LogP contribution is -2.17. The van der Waals surface area contributed by atoms with Crippen LogP contribution in [-0.4, -0.2) is 46.1 Å². The number of anilines is 1. The molecule has 16 heteroatoms. The maximum atomic E-state index is 13.0. The number of benzene rings is 2. The first kappa shape index (κ1) is 25.1. The predicted octanol–water partition coefficient (Wildman–Crippen LogP) is 3.30. The Hall–Kier alpha value is -3.54. The van der Waals surface area contributed by atoms with Crippen LogP contribution >= 0.6 is 12.0 Å². The number of carboxylic acids is 1. The summed E-state index contributed by atoms with van der Waals surface area (Å²) in [7, 11) is -3.12. The fourth-order valence-electron chi connectivity index (χ4n) is 2.84. The van der Waals surface area contributed by atoms with Crippen molar-refractivity contribution in [3.63, 3.8) is 0 Å². The Labute approximate surface area is 195 Å². The van der Waals surface area contributed by atoms with Gasteiger partial charge >= 0.3 is 5.97 Å². The number of hydrogen-bond donors (Lipinski definition) is 5. The van der Waals surface area contributed by atoms with Crippen molar-refractivity contribution in [3.8, 4) is 5.69 Å². The third-order valence-electron chi connectivity index (χ3n) is 4.37. The Morgan fingerprint density at radius 1 is 1.21 bits per heavy atom. The molecule has 1 aromatic heterocycles. The van der Waals surface area contributed by atoms with E-state index in [9.17, 15) is 27.7 Å². The first-order valence-electron chi connectivity index (χ1n) is 9.12. The second-order valence-electron chi connectivity index (χ2n) is 6.59. The molecule has 0 fully saturated rings. The van der Waals surface area contributed by atoms with Crippen LogP contribution in [0.3, 0.4) is 0 Å². The molecule has 5 N–H and O–H groups in total. The number of aryl methyl sites for hydroxylation is 1. The summed E-state index contributed by atoms with van der Waals surface area (Å²) >= 11 is 0.569. The average Bonchev–Trinajstić information content (AvgIpc) is 3.11. The van der Waals surface area contributed by atoms with Gasteiger partial charge in [-0.2, -0.15) is 8.42 Å². The predicted molar refractivity (Wildman–Crippen MR) is 119 cm³/mol. The number of aromatic nitrogens is 2. The fraction of sp³-hybridized carbons (Fsp3) is 0.111. The highest BCUT2D eigenvalue weighted by atomic mass is 32.2. The molecule has 0 aliphatic rings. The molecular formula is C18H17N5O9S2. The number of aromatic amines is 1. The van der Waals surface area contributed by atoms with E-state index in [0.29, 0.717) is 28.0 Å². The Kier molecular flexibility index (Phi) is 7.50. The number of nitrogens with zero attached hydrogens (tertiary/aromatic N) is 3. The number of hydrogen-bond acceptors (Lipinski definition) is 11. The number of aromatic carboxylic acids is 1. The van der Waals surface area contributed by atoms with Crippen LogP contribution < -0.4 is 10.9 Å². The summed E-state index contributed by atoms with van der Waals surface area (Å²) in [6, 6.07) is 8.40. The topological polar surface area (TPSA) is 205 Å². The van der Waals surface area contributed by atoms with Crippen molar-refractivity contribution in [2.24, 2.45) is 10.2 Å². The van der Waals surface area contributed by atoms with Gasteiger partial charge in [-0.05, 0) is 42.8 Å². The third-order valence-corrected chi connectivity index (χ3v) is 5.93. The van der Waals surface area contributed by atoms with Crippen molar-refractivity contribution in [1.82, 2.24) is 9.78 Å². The molecule has 34 heavy (non-hydrogen) atoms. The zero-order chi connectivity index (χ0) is 25.0. The van der Waals surface area contributed by atoms with Crippen molar-refractivity contribution < 1.29 is 37.5 Å². The highest BCUT2D eigenvalue weighted by Gasteiger charge is 2.25. The summed E-state index contributed by atoms with van der Waals surface area (Å²) in [6.07, 6.45) is 0. The van der Waals surface area contributed by atoms with Gasteiger partial charge in [-0.25, -0.2) is 14.7 Å². The van der Waals surface area contributed by atoms with Gasteiger partial charge in [0.15, 0.2) is 11.4 Å². The molecule has 3 rings (SSSR count). The van der Waals surface area contributed by atoms with E-state index in [4.69, 9.17) is 5.26 Å². The van der Waals surface area contributed by atoms with Gasteiger partial charge in [0.1, 0.15) is 10.6 Å². The molecule has 14 nitrogen and oxygen atoms in total. The molecule has 0 aliphatic carbocycles. The first-order valence-corrected chi connectivity index (χ1v) is 11.3. The van der Waals surface area contributed by atoms with E-state index in [-0.39, 0.29) is 16.3 Å². The minimum absolute atomic E-state index is 0.117. The minimum Gasteiger partial charge on any atom is -0.476 e. The highest BCUT2D eigenvalue weighted by Crippen LogP contribution is 2.34. The number of H-pyrrole nitrogens is 1. The lowest BCUT2D eigenvalue weighted by Gasteiger charge is -2.08. The molecule has 3 aromatic rings. The zero-order valence-corrected chi connectivity index (χ0v) is 19.0. The minimum atomic E-state index is -4.75. The summed E-state index contributed by atoms with van der Waals surface area (Å²) in [4.78, 5) is 24.5. The lowest BCUT2D eigenvalue weighted by molar-refractivity contribution is -0.432. The fourth-order valence-corrected chi connectivity index (χ4v) is 3.90. The normalized spacial score (nSPS) is 11.8. The van der Waals surface area contributed by atoms with Crippen molar-refractivity contribution >= 4 is 45.2 Å². The van der Waals surface area contributed by atoms with E-state index in [1.54, 1.807) is 20.0 Å². The Balaban J connectivity index is 2.19. The molecule has 0 saturated carbocycles. The van der Waals surface area contributed by atoms with Crippen molar-refractivity contribution in [2.75, 3.05) is 12.4 Å². The van der Waals surface area contributed by atoms with Gasteiger partial charge in [-0.3, -0.25) is 14.4 Å². The van der Waals surface area contributed by atoms with Gasteiger partial charge in [-0.1, -0.05) is 11.1 Å². The lowest BCUT2D eigenvalue weighted by atomic mass is 10.2. The molecule has 0 aliphatic heterocycles. The molecule has 2 aromatic carbocycles. The number of nitrogens with one attached hydrogen (secondary N) is 2. The molecule has 0 bridgehead atoms. The van der Waals surface area contributed by atoms with Crippen LogP contribution in [0.1, 0.15) is 16.1 Å². The van der Waals surface area contributed by atoms with Gasteiger partial charge in [0, 0.05) is 12.7 Å². The van der Waals surface area contributed by atoms with Gasteiger partial charge in [-0.15, -0.1) is 14.6 Å². The smallest absolute Gasteiger partial charge is 0.356 e. The molecule has 0 radical (unpaired) electrons. The van der Waals surface area contributed by atoms with Gasteiger partial charge < -0.3 is 10.4 Å². The van der Waals surface area contributed by atoms with Crippen LogP contribution in [0.15, 0.2) is 61.2 Å². The van der Waals surface area contributed by atoms with Crippen LogP contribution in [0.4, 0.5) is 17.1 Å². The van der Waals surface area contributed by atoms with E-state index in [2.05, 4.69) is 30.0 Å². The average molecular weight is 511 g/mol. The Bertz CT molecular complexity index is 1430. The summed E-state index contributed by atoms with van der Waals surface area (Å²) in [5.74, 6) is -1.57. The summed E-state index contributed by atoms with van der Waals surface area (Å²) in [6.45, 7) is 1.61. The van der Waals surface area contributed by atoms with Crippen LogP contribution in [0.2, 0.25) is 0 Å². The van der Waals surface area contributed by atoms with Crippen LogP contribution in [-0.2, 0) is 19.5 Å². The molecule has 0 atom stereocenters. The number of carboxylic acid groups (broad SMARTS) is 1. The third kappa shape index (κ3) is 5.33. The molecule has 0 saturated heterocycles. The second kappa shape index (κ2) is 10.2. The van der Waals surface area contributed by atoms with Gasteiger partial charge in [0.05, 0.1) is 22.6 Å². The zero-order valence-electron chi connectivity index (χ0n) is 17.4. The van der Waals surface area contributed by atoms with Crippen molar-refractivity contribution in [3.05, 3.63) is 58.0 Å². The monoisotopic (exact) mass is 511 g/mol. The Morgan fingerprint density at radius 3 is 2.56 bits per heavy atom. The van der Waals surface area contributed by atoms with E-state index in [0.717, 1.165) is 6.07 Å². The summed E-state index contributed by atoms with van der Waals surface area (Å²) in [5, 5.41) is 34.3. The maximum absolute atomic E-state index is 13.0. The maximum Gasteiger partial charge on any atom is 0.356 e. The van der Waals surface area contributed by atoms with E-state index in [1.807, 2.05) is 0 Å². The van der Waals surface area contributed by atoms with E-state index in [1.165, 1.54) is 24.3 Å².